The fraction of sp³-hybridized carbons (Fsp3) is 0.500. The molecule has 2 heterocycles. The number of nitrogens with two attached hydrogens (primary N) is 1. The number of allylic oxidation sites excluding steroid dienone is 2. The number of carbonyl (C=O) groups excluding carboxylic acids is 1. The number of amides is 1. The van der Waals surface area contributed by atoms with Crippen molar-refractivity contribution in [1.82, 2.24) is 5.32 Å². The second kappa shape index (κ2) is 5.06. The average molecular weight is 315 g/mol. The van der Waals surface area contributed by atoms with E-state index in [1.54, 1.807) is 0 Å². The molecule has 2 unspecified atom stereocenters. The van der Waals surface area contributed by atoms with E-state index in [9.17, 15) is 9.18 Å². The van der Waals surface area contributed by atoms with E-state index in [-0.39, 0.29) is 5.82 Å². The van der Waals surface area contributed by atoms with E-state index in [2.05, 4.69) is 10.2 Å². The molecule has 122 valence electrons. The number of anilines is 1. The molecule has 3 N–H and O–H groups in total. The van der Waals surface area contributed by atoms with Gasteiger partial charge in [0, 0.05) is 37.3 Å². The number of nitrogens with zero attached hydrogens (tertiary/aromatic N) is 1. The molecule has 1 aromatic carbocycles. The minimum atomic E-state index is -0.545. The largest absolute Gasteiger partial charge is 0.368 e. The van der Waals surface area contributed by atoms with Gasteiger partial charge in [0.15, 0.2) is 0 Å². The van der Waals surface area contributed by atoms with E-state index in [0.29, 0.717) is 29.5 Å². The molecule has 5 heteroatoms. The van der Waals surface area contributed by atoms with Crippen molar-refractivity contribution in [2.75, 3.05) is 31.1 Å². The molecule has 4 nitrogen and oxygen atoms in total. The molecule has 1 aromatic rings. The van der Waals surface area contributed by atoms with Gasteiger partial charge in [0.2, 0.25) is 5.91 Å². The molecule has 3 aliphatic rings. The Morgan fingerprint density at radius 3 is 2.57 bits per heavy atom. The van der Waals surface area contributed by atoms with Crippen LogP contribution >= 0.6 is 0 Å². The van der Waals surface area contributed by atoms with Crippen LogP contribution < -0.4 is 16.0 Å². The Kier molecular flexibility index (Phi) is 3.23. The average Bonchev–Trinajstić information content (AvgIpc) is 3.14. The minimum Gasteiger partial charge on any atom is -0.368 e. The highest BCUT2D eigenvalue weighted by Crippen LogP contribution is 2.44. The van der Waals surface area contributed by atoms with Gasteiger partial charge in [-0.25, -0.2) is 4.39 Å². The van der Waals surface area contributed by atoms with Crippen LogP contribution in [-0.2, 0) is 6.42 Å². The smallest absolute Gasteiger partial charge is 0.249 e. The van der Waals surface area contributed by atoms with Crippen molar-refractivity contribution >= 4 is 17.2 Å². The lowest BCUT2D eigenvalue weighted by Crippen LogP contribution is -2.28. The van der Waals surface area contributed by atoms with Crippen LogP contribution in [0.2, 0.25) is 0 Å². The van der Waals surface area contributed by atoms with Gasteiger partial charge in [0.25, 0.3) is 0 Å². The number of nitrogens with one attached hydrogen (secondary N) is 1. The van der Waals surface area contributed by atoms with E-state index in [1.165, 1.54) is 11.6 Å². The third kappa shape index (κ3) is 2.10. The first-order valence-corrected chi connectivity index (χ1v) is 8.25. The van der Waals surface area contributed by atoms with Crippen molar-refractivity contribution < 1.29 is 9.18 Å². The van der Waals surface area contributed by atoms with Gasteiger partial charge in [-0.3, -0.25) is 4.79 Å². The van der Waals surface area contributed by atoms with E-state index >= 15 is 0 Å². The Morgan fingerprint density at radius 2 is 1.96 bits per heavy atom. The van der Waals surface area contributed by atoms with Gasteiger partial charge < -0.3 is 16.0 Å². The van der Waals surface area contributed by atoms with E-state index in [0.717, 1.165) is 42.9 Å². The van der Waals surface area contributed by atoms with Crippen LogP contribution in [0.1, 0.15) is 35.3 Å². The summed E-state index contributed by atoms with van der Waals surface area (Å²) in [5.74, 6) is 0.316. The predicted octanol–water partition coefficient (Wildman–Crippen LogP) is 1.93. The molecule has 2 fully saturated rings. The fourth-order valence-electron chi connectivity index (χ4n) is 4.44. The SMILES string of the molecule is CC1=C(C)c2c(c(C(N)=O)cc(F)c2N2CC3CNCC3C2)C1. The summed E-state index contributed by atoms with van der Waals surface area (Å²) in [6.07, 6.45) is 0.689. The van der Waals surface area contributed by atoms with E-state index in [1.807, 2.05) is 13.8 Å². The molecule has 4 rings (SSSR count). The Labute approximate surface area is 135 Å². The second-order valence-electron chi connectivity index (χ2n) is 7.14. The zero-order valence-corrected chi connectivity index (χ0v) is 13.6. The first-order valence-electron chi connectivity index (χ1n) is 8.25. The number of rotatable bonds is 2. The lowest BCUT2D eigenvalue weighted by atomic mass is 9.97. The Bertz CT molecular complexity index is 728. The van der Waals surface area contributed by atoms with Crippen LogP contribution in [0, 0.1) is 17.7 Å². The number of carbonyl (C=O) groups is 1. The van der Waals surface area contributed by atoms with E-state index < -0.39 is 5.91 Å². The number of hydrogen-bond acceptors (Lipinski definition) is 3. The van der Waals surface area contributed by atoms with Gasteiger partial charge in [0.05, 0.1) is 5.69 Å². The van der Waals surface area contributed by atoms with Gasteiger partial charge in [0.1, 0.15) is 5.82 Å². The topological polar surface area (TPSA) is 58.4 Å². The lowest BCUT2D eigenvalue weighted by Gasteiger charge is -2.25. The maximum atomic E-state index is 14.9. The molecular weight excluding hydrogens is 293 g/mol. The van der Waals surface area contributed by atoms with Crippen LogP contribution in [0.25, 0.3) is 5.57 Å². The maximum Gasteiger partial charge on any atom is 0.249 e. The zero-order chi connectivity index (χ0) is 16.3. The quantitative estimate of drug-likeness (QED) is 0.877. The Hall–Kier alpha value is -1.88. The Balaban J connectivity index is 1.85. The summed E-state index contributed by atoms with van der Waals surface area (Å²) in [7, 11) is 0. The third-order valence-electron chi connectivity index (χ3n) is 5.79. The van der Waals surface area contributed by atoms with Crippen LogP contribution in [0.4, 0.5) is 10.1 Å². The van der Waals surface area contributed by atoms with Gasteiger partial charge in [-0.2, -0.15) is 0 Å². The van der Waals surface area contributed by atoms with Crippen molar-refractivity contribution in [3.8, 4) is 0 Å². The standard InChI is InChI=1S/C18H22FN3O/c1-9-3-13-14(18(20)23)4-15(19)17(16(13)10(9)2)22-7-11-5-21-6-12(11)8-22/h4,11-12,21H,3,5-8H2,1-2H3,(H2,20,23). The summed E-state index contributed by atoms with van der Waals surface area (Å²) in [6, 6.07) is 1.34. The van der Waals surface area contributed by atoms with Crippen molar-refractivity contribution in [1.29, 1.82) is 0 Å². The first kappa shape index (κ1) is 14.7. The minimum absolute atomic E-state index is 0.320. The predicted molar refractivity (Wildman–Crippen MR) is 89.0 cm³/mol. The molecule has 23 heavy (non-hydrogen) atoms. The molecular formula is C18H22FN3O. The number of benzene rings is 1. The number of hydrogen-bond donors (Lipinski definition) is 2. The third-order valence-corrected chi connectivity index (χ3v) is 5.79. The highest BCUT2D eigenvalue weighted by molar-refractivity contribution is 5.99. The molecule has 1 amide bonds. The molecule has 0 spiro atoms. The van der Waals surface area contributed by atoms with Crippen molar-refractivity contribution in [3.63, 3.8) is 0 Å². The first-order chi connectivity index (χ1) is 11.0. The number of fused-ring (bicyclic) bond motifs is 2. The lowest BCUT2D eigenvalue weighted by molar-refractivity contribution is 0.0999. The molecule has 2 atom stereocenters. The zero-order valence-electron chi connectivity index (χ0n) is 13.6. The molecule has 0 bridgehead atoms. The van der Waals surface area contributed by atoms with Gasteiger partial charge in [-0.1, -0.05) is 5.57 Å². The molecule has 1 aliphatic carbocycles. The van der Waals surface area contributed by atoms with Crippen molar-refractivity contribution in [2.45, 2.75) is 20.3 Å². The normalized spacial score (nSPS) is 26.0. The maximum absolute atomic E-state index is 14.9. The van der Waals surface area contributed by atoms with Gasteiger partial charge >= 0.3 is 0 Å². The summed E-state index contributed by atoms with van der Waals surface area (Å²) in [6.45, 7) is 7.85. The molecule has 2 saturated heterocycles. The summed E-state index contributed by atoms with van der Waals surface area (Å²) >= 11 is 0. The second-order valence-corrected chi connectivity index (χ2v) is 7.14. The monoisotopic (exact) mass is 315 g/mol. The van der Waals surface area contributed by atoms with Gasteiger partial charge in [-0.15, -0.1) is 0 Å². The van der Waals surface area contributed by atoms with Crippen LogP contribution in [0.5, 0.6) is 0 Å². The van der Waals surface area contributed by atoms with Gasteiger partial charge in [-0.05, 0) is 49.3 Å². The summed E-state index contributed by atoms with van der Waals surface area (Å²) in [4.78, 5) is 13.9. The number of halogens is 1. The summed E-state index contributed by atoms with van der Waals surface area (Å²) in [5, 5.41) is 3.41. The molecule has 0 saturated carbocycles. The van der Waals surface area contributed by atoms with Crippen LogP contribution in [0.3, 0.4) is 0 Å². The summed E-state index contributed by atoms with van der Waals surface area (Å²) < 4.78 is 14.9. The highest BCUT2D eigenvalue weighted by atomic mass is 19.1. The van der Waals surface area contributed by atoms with E-state index in [4.69, 9.17) is 5.73 Å². The van der Waals surface area contributed by atoms with Crippen molar-refractivity contribution in [3.05, 3.63) is 34.1 Å². The molecule has 2 aliphatic heterocycles. The molecule has 0 aromatic heterocycles. The highest BCUT2D eigenvalue weighted by Gasteiger charge is 2.39. The van der Waals surface area contributed by atoms with Crippen LogP contribution in [-0.4, -0.2) is 32.1 Å². The Morgan fingerprint density at radius 1 is 1.30 bits per heavy atom. The van der Waals surface area contributed by atoms with Crippen molar-refractivity contribution in [2.24, 2.45) is 17.6 Å². The van der Waals surface area contributed by atoms with Crippen LogP contribution in [0.15, 0.2) is 11.6 Å². The fourth-order valence-corrected chi connectivity index (χ4v) is 4.44. The molecule has 0 radical (unpaired) electrons. The summed E-state index contributed by atoms with van der Waals surface area (Å²) in [5.41, 5.74) is 10.6. The number of primary amides is 1.